The molecule has 2 rings (SSSR count). The zero-order valence-corrected chi connectivity index (χ0v) is 15.6. The molecule has 1 aromatic rings. The highest BCUT2D eigenvalue weighted by molar-refractivity contribution is 6.86. The van der Waals surface area contributed by atoms with Crippen molar-refractivity contribution in [1.29, 1.82) is 0 Å². The van der Waals surface area contributed by atoms with E-state index < -0.39 is 21.9 Å². The summed E-state index contributed by atoms with van der Waals surface area (Å²) in [6.07, 6.45) is 0. The minimum absolute atomic E-state index is 0.380. The third-order valence-corrected chi connectivity index (χ3v) is 9.85. The van der Waals surface area contributed by atoms with Crippen LogP contribution in [0.4, 0.5) is 0 Å². The summed E-state index contributed by atoms with van der Waals surface area (Å²) >= 11 is 0. The molecule has 20 heavy (non-hydrogen) atoms. The minimum Gasteiger partial charge on any atom is -0.365 e. The maximum absolute atomic E-state index is 11.0. The highest BCUT2D eigenvalue weighted by atomic mass is 28.3. The molecule has 1 aromatic carbocycles. The molecule has 4 heteroatoms. The first-order valence-electron chi connectivity index (χ1n) is 7.47. The standard InChI is InChI=1S/C16H28O2Si2/c1-19(2,3)14-15(20(4,5)6)16(14,17)18-12-13-10-8-7-9-11-13/h7-11,14-15,17H,12H2,1-6H3/t14-,15+,16?. The van der Waals surface area contributed by atoms with Crippen molar-refractivity contribution in [3.05, 3.63) is 35.9 Å². The van der Waals surface area contributed by atoms with Crippen molar-refractivity contribution in [2.24, 2.45) is 0 Å². The predicted octanol–water partition coefficient (Wildman–Crippen LogP) is 4.32. The highest BCUT2D eigenvalue weighted by Crippen LogP contribution is 2.70. The molecule has 0 radical (unpaired) electrons. The van der Waals surface area contributed by atoms with E-state index in [1.54, 1.807) is 0 Å². The number of hydrogen-bond acceptors (Lipinski definition) is 2. The molecule has 1 aliphatic rings. The quantitative estimate of drug-likeness (QED) is 0.648. The van der Waals surface area contributed by atoms with Gasteiger partial charge in [0, 0.05) is 11.1 Å². The summed E-state index contributed by atoms with van der Waals surface area (Å²) in [5.74, 6) is -0.870. The molecule has 1 unspecified atom stereocenters. The maximum atomic E-state index is 11.0. The van der Waals surface area contributed by atoms with Crippen LogP contribution in [0.5, 0.6) is 0 Å². The van der Waals surface area contributed by atoms with Gasteiger partial charge in [0.25, 0.3) is 0 Å². The molecule has 0 bridgehead atoms. The molecular weight excluding hydrogens is 280 g/mol. The second-order valence-corrected chi connectivity index (χ2v) is 18.9. The molecule has 0 heterocycles. The lowest BCUT2D eigenvalue weighted by Crippen LogP contribution is -2.28. The molecule has 1 N–H and O–H groups in total. The number of ether oxygens (including phenoxy) is 1. The average Bonchev–Trinajstić information content (AvgIpc) is 2.96. The average molecular weight is 309 g/mol. The Bertz CT molecular complexity index is 440. The third-order valence-electron chi connectivity index (χ3n) is 4.29. The predicted molar refractivity (Wildman–Crippen MR) is 90.4 cm³/mol. The van der Waals surface area contributed by atoms with Crippen LogP contribution < -0.4 is 0 Å². The van der Waals surface area contributed by atoms with Crippen molar-refractivity contribution < 1.29 is 9.84 Å². The molecule has 0 aromatic heterocycles. The minimum atomic E-state index is -1.41. The van der Waals surface area contributed by atoms with Gasteiger partial charge in [-0.2, -0.15) is 0 Å². The zero-order chi connectivity index (χ0) is 15.2. The fourth-order valence-electron chi connectivity index (χ4n) is 3.55. The summed E-state index contributed by atoms with van der Waals surface area (Å²) in [5.41, 5.74) is 1.90. The Kier molecular flexibility index (Phi) is 4.06. The van der Waals surface area contributed by atoms with Crippen LogP contribution in [-0.2, 0) is 11.3 Å². The number of benzene rings is 1. The number of hydrogen-bond donors (Lipinski definition) is 1. The fraction of sp³-hybridized carbons (Fsp3) is 0.625. The van der Waals surface area contributed by atoms with Crippen molar-refractivity contribution >= 4 is 16.1 Å². The molecule has 0 saturated heterocycles. The van der Waals surface area contributed by atoms with Crippen LogP contribution in [0.1, 0.15) is 5.56 Å². The Morgan fingerprint density at radius 1 is 0.950 bits per heavy atom. The summed E-state index contributed by atoms with van der Waals surface area (Å²) in [6.45, 7) is 14.6. The van der Waals surface area contributed by atoms with Crippen molar-refractivity contribution in [3.63, 3.8) is 0 Å². The Morgan fingerprint density at radius 3 is 1.80 bits per heavy atom. The van der Waals surface area contributed by atoms with Gasteiger partial charge in [0.15, 0.2) is 5.79 Å². The summed E-state index contributed by atoms with van der Waals surface area (Å²) in [4.78, 5) is 0. The van der Waals surface area contributed by atoms with Gasteiger partial charge in [-0.25, -0.2) is 0 Å². The summed E-state index contributed by atoms with van der Waals surface area (Å²) in [6, 6.07) is 10.1. The van der Waals surface area contributed by atoms with E-state index in [0.717, 1.165) is 5.56 Å². The van der Waals surface area contributed by atoms with Gasteiger partial charge in [0.1, 0.15) is 0 Å². The molecule has 1 saturated carbocycles. The lowest BCUT2D eigenvalue weighted by atomic mass is 10.2. The Labute approximate surface area is 125 Å². The van der Waals surface area contributed by atoms with Gasteiger partial charge >= 0.3 is 0 Å². The van der Waals surface area contributed by atoms with E-state index in [0.29, 0.717) is 17.7 Å². The van der Waals surface area contributed by atoms with E-state index in [-0.39, 0.29) is 0 Å². The van der Waals surface area contributed by atoms with Crippen molar-refractivity contribution in [3.8, 4) is 0 Å². The van der Waals surface area contributed by atoms with Crippen molar-refractivity contribution in [1.82, 2.24) is 0 Å². The Hall–Kier alpha value is -0.426. The Balaban J connectivity index is 2.12. The maximum Gasteiger partial charge on any atom is 0.167 e. The lowest BCUT2D eigenvalue weighted by Gasteiger charge is -2.20. The van der Waals surface area contributed by atoms with Crippen LogP contribution in [-0.4, -0.2) is 27.0 Å². The van der Waals surface area contributed by atoms with E-state index in [2.05, 4.69) is 51.4 Å². The van der Waals surface area contributed by atoms with Gasteiger partial charge in [-0.05, 0) is 5.56 Å². The molecule has 3 atom stereocenters. The second-order valence-electron chi connectivity index (χ2n) is 8.21. The van der Waals surface area contributed by atoms with Crippen LogP contribution in [0.15, 0.2) is 30.3 Å². The number of aliphatic hydroxyl groups is 1. The summed E-state index contributed by atoms with van der Waals surface area (Å²) in [5, 5.41) is 11.0. The monoisotopic (exact) mass is 308 g/mol. The topological polar surface area (TPSA) is 29.5 Å². The van der Waals surface area contributed by atoms with Gasteiger partial charge in [-0.15, -0.1) is 0 Å². The largest absolute Gasteiger partial charge is 0.365 e. The fourth-order valence-corrected chi connectivity index (χ4v) is 12.0. The van der Waals surface area contributed by atoms with Crippen molar-refractivity contribution in [2.75, 3.05) is 0 Å². The van der Waals surface area contributed by atoms with Crippen LogP contribution >= 0.6 is 0 Å². The van der Waals surface area contributed by atoms with Gasteiger partial charge in [0.2, 0.25) is 0 Å². The van der Waals surface area contributed by atoms with Crippen LogP contribution in [0.25, 0.3) is 0 Å². The molecule has 0 spiro atoms. The molecule has 0 aliphatic heterocycles. The van der Waals surface area contributed by atoms with E-state index >= 15 is 0 Å². The van der Waals surface area contributed by atoms with E-state index in [9.17, 15) is 5.11 Å². The van der Waals surface area contributed by atoms with Gasteiger partial charge in [-0.3, -0.25) is 0 Å². The first kappa shape index (κ1) is 16.0. The molecule has 112 valence electrons. The van der Waals surface area contributed by atoms with E-state index in [4.69, 9.17) is 4.74 Å². The van der Waals surface area contributed by atoms with Crippen LogP contribution in [0.3, 0.4) is 0 Å². The first-order valence-corrected chi connectivity index (χ1v) is 14.6. The first-order chi connectivity index (χ1) is 9.07. The molecule has 1 aliphatic carbocycles. The molecular formula is C16H28O2Si2. The molecule has 0 amide bonds. The molecule has 1 fully saturated rings. The van der Waals surface area contributed by atoms with Gasteiger partial charge in [0.05, 0.1) is 22.8 Å². The van der Waals surface area contributed by atoms with Crippen LogP contribution in [0, 0.1) is 0 Å². The molecule has 2 nitrogen and oxygen atoms in total. The SMILES string of the molecule is C[Si](C)(C)[C@@H]1[C@H]([Si](C)(C)C)C1(O)OCc1ccccc1. The smallest absolute Gasteiger partial charge is 0.167 e. The summed E-state index contributed by atoms with van der Waals surface area (Å²) in [7, 11) is -2.82. The zero-order valence-electron chi connectivity index (χ0n) is 13.6. The van der Waals surface area contributed by atoms with E-state index in [1.165, 1.54) is 0 Å². The second kappa shape index (κ2) is 5.09. The van der Waals surface area contributed by atoms with Crippen LogP contribution in [0.2, 0.25) is 50.4 Å². The third kappa shape index (κ3) is 3.08. The van der Waals surface area contributed by atoms with Crippen molar-refractivity contribution in [2.45, 2.75) is 62.8 Å². The normalized spacial score (nSPS) is 30.4. The lowest BCUT2D eigenvalue weighted by molar-refractivity contribution is -0.133. The van der Waals surface area contributed by atoms with Gasteiger partial charge < -0.3 is 9.84 Å². The van der Waals surface area contributed by atoms with E-state index in [1.807, 2.05) is 18.2 Å². The van der Waals surface area contributed by atoms with Gasteiger partial charge in [-0.1, -0.05) is 69.6 Å². The summed E-state index contributed by atoms with van der Waals surface area (Å²) < 4.78 is 6.03. The Morgan fingerprint density at radius 2 is 1.40 bits per heavy atom. The number of rotatable bonds is 5. The highest BCUT2D eigenvalue weighted by Gasteiger charge is 2.73.